The van der Waals surface area contributed by atoms with Crippen LogP contribution in [0.4, 0.5) is 5.69 Å². The Hall–Kier alpha value is -1.07. The van der Waals surface area contributed by atoms with Gasteiger partial charge < -0.3 is 0 Å². The van der Waals surface area contributed by atoms with Crippen LogP contribution in [0.1, 0.15) is 11.1 Å². The molecule has 1 aromatic carbocycles. The lowest BCUT2D eigenvalue weighted by Gasteiger charge is -2.20. The first-order valence-corrected chi connectivity index (χ1v) is 8.35. The average Bonchev–Trinajstić information content (AvgIpc) is 2.01. The maximum absolute atomic E-state index is 7.22. The average molecular weight is 203 g/mol. The SMILES string of the molecule is [C-]#[N+]c1c(C)cc(C)cc1[Si](C)(C)C. The van der Waals surface area contributed by atoms with Crippen LogP contribution in [-0.2, 0) is 0 Å². The molecule has 0 fully saturated rings. The largest absolute Gasteiger partial charge is 0.238 e. The standard InChI is InChI=1S/C12H17NSi/c1-9-7-10(2)12(13-3)11(8-9)14(4,5)6/h7-8H,1-2,4-6H3. The van der Waals surface area contributed by atoms with Crippen LogP contribution in [0.25, 0.3) is 4.85 Å². The van der Waals surface area contributed by atoms with Crippen LogP contribution in [0.5, 0.6) is 0 Å². The summed E-state index contributed by atoms with van der Waals surface area (Å²) in [6, 6.07) is 4.28. The summed E-state index contributed by atoms with van der Waals surface area (Å²) in [5, 5.41) is 1.30. The van der Waals surface area contributed by atoms with Gasteiger partial charge in [0.2, 0.25) is 0 Å². The van der Waals surface area contributed by atoms with Crippen molar-refractivity contribution in [2.45, 2.75) is 33.5 Å². The van der Waals surface area contributed by atoms with E-state index in [1.54, 1.807) is 0 Å². The molecule has 0 radical (unpaired) electrons. The Bertz CT molecular complexity index is 394. The van der Waals surface area contributed by atoms with Crippen molar-refractivity contribution in [3.8, 4) is 0 Å². The predicted molar refractivity (Wildman–Crippen MR) is 65.2 cm³/mol. The zero-order valence-electron chi connectivity index (χ0n) is 9.60. The van der Waals surface area contributed by atoms with Crippen molar-refractivity contribution in [3.63, 3.8) is 0 Å². The van der Waals surface area contributed by atoms with Crippen LogP contribution in [0.3, 0.4) is 0 Å². The molecular weight excluding hydrogens is 186 g/mol. The molecule has 1 aromatic rings. The Morgan fingerprint density at radius 1 is 1.14 bits per heavy atom. The normalized spacial score (nSPS) is 11.1. The maximum atomic E-state index is 7.22. The van der Waals surface area contributed by atoms with Gasteiger partial charge >= 0.3 is 0 Å². The van der Waals surface area contributed by atoms with Gasteiger partial charge in [-0.15, -0.1) is 0 Å². The van der Waals surface area contributed by atoms with E-state index in [4.69, 9.17) is 6.57 Å². The van der Waals surface area contributed by atoms with Crippen molar-refractivity contribution >= 4 is 18.9 Å². The summed E-state index contributed by atoms with van der Waals surface area (Å²) in [5.74, 6) is 0. The van der Waals surface area contributed by atoms with Gasteiger partial charge in [0.1, 0.15) is 0 Å². The molecule has 2 heteroatoms. The highest BCUT2D eigenvalue weighted by Gasteiger charge is 2.21. The van der Waals surface area contributed by atoms with Gasteiger partial charge in [-0.25, -0.2) is 4.85 Å². The van der Waals surface area contributed by atoms with Gasteiger partial charge in [-0.05, 0) is 19.4 Å². The zero-order valence-corrected chi connectivity index (χ0v) is 10.6. The van der Waals surface area contributed by atoms with Crippen LogP contribution >= 0.6 is 0 Å². The highest BCUT2D eigenvalue weighted by molar-refractivity contribution is 6.89. The second-order valence-corrected chi connectivity index (χ2v) is 9.88. The number of hydrogen-bond donors (Lipinski definition) is 0. The van der Waals surface area contributed by atoms with Crippen molar-refractivity contribution in [1.82, 2.24) is 0 Å². The molecular formula is C12H17NSi. The monoisotopic (exact) mass is 203 g/mol. The molecule has 0 heterocycles. The van der Waals surface area contributed by atoms with E-state index in [9.17, 15) is 0 Å². The lowest BCUT2D eigenvalue weighted by molar-refractivity contribution is 1.40. The molecule has 0 aromatic heterocycles. The third-order valence-electron chi connectivity index (χ3n) is 2.36. The lowest BCUT2D eigenvalue weighted by Crippen LogP contribution is -2.38. The minimum Gasteiger partial charge on any atom is -0.238 e. The fourth-order valence-electron chi connectivity index (χ4n) is 1.68. The van der Waals surface area contributed by atoms with Gasteiger partial charge in [-0.1, -0.05) is 42.5 Å². The first-order chi connectivity index (χ1) is 6.36. The molecule has 0 spiro atoms. The molecule has 0 bridgehead atoms. The smallest absolute Gasteiger partial charge is 0.189 e. The molecule has 0 saturated carbocycles. The second-order valence-electron chi connectivity index (χ2n) is 4.84. The number of aryl methyl sites for hydroxylation is 2. The van der Waals surface area contributed by atoms with Crippen molar-refractivity contribution in [3.05, 3.63) is 34.7 Å². The molecule has 0 aliphatic carbocycles. The summed E-state index contributed by atoms with van der Waals surface area (Å²) in [7, 11) is -1.38. The molecule has 0 aliphatic heterocycles. The van der Waals surface area contributed by atoms with E-state index in [1.165, 1.54) is 10.8 Å². The number of benzene rings is 1. The van der Waals surface area contributed by atoms with Crippen LogP contribution in [0.2, 0.25) is 19.6 Å². The van der Waals surface area contributed by atoms with Gasteiger partial charge in [-0.2, -0.15) is 0 Å². The van der Waals surface area contributed by atoms with E-state index < -0.39 is 8.07 Å². The molecule has 0 unspecified atom stereocenters. The fraction of sp³-hybridized carbons (Fsp3) is 0.417. The molecule has 0 atom stereocenters. The molecule has 74 valence electrons. The van der Waals surface area contributed by atoms with Gasteiger partial charge in [-0.3, -0.25) is 0 Å². The molecule has 1 nitrogen and oxygen atoms in total. The van der Waals surface area contributed by atoms with Crippen molar-refractivity contribution in [1.29, 1.82) is 0 Å². The van der Waals surface area contributed by atoms with E-state index in [0.717, 1.165) is 11.3 Å². The van der Waals surface area contributed by atoms with Crippen LogP contribution in [-0.4, -0.2) is 8.07 Å². The third kappa shape index (κ3) is 2.05. The Morgan fingerprint density at radius 3 is 2.14 bits per heavy atom. The summed E-state index contributed by atoms with van der Waals surface area (Å²) >= 11 is 0. The van der Waals surface area contributed by atoms with Gasteiger partial charge in [0.05, 0.1) is 14.6 Å². The predicted octanol–water partition coefficient (Wildman–Crippen LogP) is 3.40. The Labute approximate surface area is 87.6 Å². The van der Waals surface area contributed by atoms with Gasteiger partial charge in [0.15, 0.2) is 5.69 Å². The summed E-state index contributed by atoms with van der Waals surface area (Å²) < 4.78 is 0. The van der Waals surface area contributed by atoms with E-state index in [2.05, 4.69) is 43.5 Å². The third-order valence-corrected chi connectivity index (χ3v) is 4.36. The topological polar surface area (TPSA) is 4.36 Å². The number of hydrogen-bond acceptors (Lipinski definition) is 0. The van der Waals surface area contributed by atoms with Crippen molar-refractivity contribution < 1.29 is 0 Å². The molecule has 0 aliphatic rings. The summed E-state index contributed by atoms with van der Waals surface area (Å²) in [6.45, 7) is 18.2. The van der Waals surface area contributed by atoms with Crippen molar-refractivity contribution in [2.75, 3.05) is 0 Å². The summed E-state index contributed by atoms with van der Waals surface area (Å²) in [4.78, 5) is 3.66. The minimum absolute atomic E-state index is 0.884. The Kier molecular flexibility index (Phi) is 2.82. The Morgan fingerprint density at radius 2 is 1.71 bits per heavy atom. The maximum Gasteiger partial charge on any atom is 0.189 e. The zero-order chi connectivity index (χ0) is 10.9. The highest BCUT2D eigenvalue weighted by atomic mass is 28.3. The molecule has 0 saturated heterocycles. The van der Waals surface area contributed by atoms with E-state index >= 15 is 0 Å². The molecule has 1 rings (SSSR count). The Balaban J connectivity index is 3.50. The quantitative estimate of drug-likeness (QED) is 0.487. The molecule has 0 N–H and O–H groups in total. The van der Waals surface area contributed by atoms with Crippen LogP contribution in [0.15, 0.2) is 12.1 Å². The lowest BCUT2D eigenvalue weighted by atomic mass is 10.1. The van der Waals surface area contributed by atoms with E-state index in [0.29, 0.717) is 0 Å². The van der Waals surface area contributed by atoms with Gasteiger partial charge in [0.25, 0.3) is 0 Å². The fourth-order valence-corrected chi connectivity index (χ4v) is 3.30. The minimum atomic E-state index is -1.38. The summed E-state index contributed by atoms with van der Waals surface area (Å²) in [6.07, 6.45) is 0. The number of rotatable bonds is 1. The first kappa shape index (κ1) is 11.0. The van der Waals surface area contributed by atoms with Gasteiger partial charge in [0, 0.05) is 0 Å². The van der Waals surface area contributed by atoms with E-state index in [1.807, 2.05) is 6.92 Å². The van der Waals surface area contributed by atoms with Crippen LogP contribution in [0, 0.1) is 20.4 Å². The summed E-state index contributed by atoms with van der Waals surface area (Å²) in [5.41, 5.74) is 3.28. The number of nitrogens with zero attached hydrogens (tertiary/aromatic N) is 1. The van der Waals surface area contributed by atoms with E-state index in [-0.39, 0.29) is 0 Å². The molecule has 0 amide bonds. The van der Waals surface area contributed by atoms with Crippen LogP contribution < -0.4 is 5.19 Å². The highest BCUT2D eigenvalue weighted by Crippen LogP contribution is 2.21. The van der Waals surface area contributed by atoms with Crippen molar-refractivity contribution in [2.24, 2.45) is 0 Å². The molecule has 14 heavy (non-hydrogen) atoms. The second kappa shape index (κ2) is 3.59. The first-order valence-electron chi connectivity index (χ1n) is 4.85.